The molecule has 6 heteroatoms. The summed E-state index contributed by atoms with van der Waals surface area (Å²) < 4.78 is 4.76. The van der Waals surface area contributed by atoms with Gasteiger partial charge in [0.25, 0.3) is 5.91 Å². The van der Waals surface area contributed by atoms with E-state index in [2.05, 4.69) is 5.32 Å². The van der Waals surface area contributed by atoms with Crippen LogP contribution in [0.15, 0.2) is 18.2 Å². The highest BCUT2D eigenvalue weighted by Gasteiger charge is 2.17. The van der Waals surface area contributed by atoms with Crippen LogP contribution in [0.5, 0.6) is 5.75 Å². The van der Waals surface area contributed by atoms with Crippen molar-refractivity contribution in [1.82, 2.24) is 5.32 Å². The van der Waals surface area contributed by atoms with Gasteiger partial charge < -0.3 is 15.2 Å². The summed E-state index contributed by atoms with van der Waals surface area (Å²) in [7, 11) is 0. The zero-order chi connectivity index (χ0) is 13.7. The summed E-state index contributed by atoms with van der Waals surface area (Å²) in [6, 6.07) is 3.30. The minimum Gasteiger partial charge on any atom is -0.506 e. The molecule has 1 rings (SSSR count). The average Bonchev–Trinajstić information content (AvgIpc) is 2.32. The Morgan fingerprint density at radius 2 is 2.17 bits per heavy atom. The van der Waals surface area contributed by atoms with Gasteiger partial charge in [-0.2, -0.15) is 0 Å². The maximum atomic E-state index is 11.8. The quantitative estimate of drug-likeness (QED) is 0.818. The third-order valence-corrected chi connectivity index (χ3v) is 2.50. The number of aromatic hydroxyl groups is 1. The number of phenols is 1. The Hall–Kier alpha value is -1.75. The number of esters is 1. The Labute approximate surface area is 110 Å². The van der Waals surface area contributed by atoms with E-state index in [4.69, 9.17) is 16.3 Å². The molecule has 18 heavy (non-hydrogen) atoms. The van der Waals surface area contributed by atoms with Crippen LogP contribution in [0.25, 0.3) is 0 Å². The summed E-state index contributed by atoms with van der Waals surface area (Å²) in [6.45, 7) is 3.47. The molecule has 1 aromatic rings. The van der Waals surface area contributed by atoms with Crippen LogP contribution >= 0.6 is 11.6 Å². The summed E-state index contributed by atoms with van der Waals surface area (Å²) in [5.74, 6) is -1.07. The molecular formula is C12H14ClNO4. The van der Waals surface area contributed by atoms with E-state index in [0.29, 0.717) is 0 Å². The number of hydrogen-bond acceptors (Lipinski definition) is 4. The number of nitrogens with one attached hydrogen (secondary N) is 1. The van der Waals surface area contributed by atoms with Crippen molar-refractivity contribution < 1.29 is 19.4 Å². The smallest absolute Gasteiger partial charge is 0.328 e. The first kappa shape index (κ1) is 14.3. The van der Waals surface area contributed by atoms with Gasteiger partial charge in [0.2, 0.25) is 0 Å². The van der Waals surface area contributed by atoms with Crippen molar-refractivity contribution in [3.05, 3.63) is 28.8 Å². The van der Waals surface area contributed by atoms with Crippen LogP contribution in [-0.4, -0.2) is 29.6 Å². The van der Waals surface area contributed by atoms with Crippen LogP contribution in [0.4, 0.5) is 0 Å². The van der Waals surface area contributed by atoms with Crippen molar-refractivity contribution in [2.45, 2.75) is 19.9 Å². The zero-order valence-corrected chi connectivity index (χ0v) is 10.8. The summed E-state index contributed by atoms with van der Waals surface area (Å²) in [5, 5.41) is 11.8. The number of hydrogen-bond donors (Lipinski definition) is 2. The molecule has 0 aliphatic carbocycles. The molecule has 1 aromatic carbocycles. The lowest BCUT2D eigenvalue weighted by molar-refractivity contribution is -0.144. The molecule has 1 amide bonds. The van der Waals surface area contributed by atoms with E-state index in [0.717, 1.165) is 0 Å². The normalized spacial score (nSPS) is 11.7. The summed E-state index contributed by atoms with van der Waals surface area (Å²) in [4.78, 5) is 23.1. The molecule has 0 fully saturated rings. The fourth-order valence-electron chi connectivity index (χ4n) is 1.25. The standard InChI is InChI=1S/C12H14ClNO4/c1-3-18-12(17)7(2)14-11(16)8-4-5-10(15)9(13)6-8/h4-7,15H,3H2,1-2H3,(H,14,16). The van der Waals surface area contributed by atoms with Crippen molar-refractivity contribution in [2.24, 2.45) is 0 Å². The van der Waals surface area contributed by atoms with E-state index < -0.39 is 17.9 Å². The number of halogens is 1. The molecule has 0 heterocycles. The molecule has 0 aliphatic rings. The molecule has 0 aliphatic heterocycles. The number of rotatable bonds is 4. The molecule has 0 saturated heterocycles. The first-order valence-electron chi connectivity index (χ1n) is 5.41. The van der Waals surface area contributed by atoms with Gasteiger partial charge >= 0.3 is 5.97 Å². The molecule has 5 nitrogen and oxygen atoms in total. The predicted molar refractivity (Wildman–Crippen MR) is 66.7 cm³/mol. The van der Waals surface area contributed by atoms with E-state index >= 15 is 0 Å². The predicted octanol–water partition coefficient (Wildman–Crippen LogP) is 1.73. The van der Waals surface area contributed by atoms with Gasteiger partial charge in [0, 0.05) is 5.56 Å². The lowest BCUT2D eigenvalue weighted by Gasteiger charge is -2.12. The Bertz CT molecular complexity index is 461. The molecule has 98 valence electrons. The van der Waals surface area contributed by atoms with E-state index in [1.807, 2.05) is 0 Å². The van der Waals surface area contributed by atoms with E-state index in [-0.39, 0.29) is 22.9 Å². The Morgan fingerprint density at radius 3 is 2.72 bits per heavy atom. The maximum Gasteiger partial charge on any atom is 0.328 e. The highest BCUT2D eigenvalue weighted by molar-refractivity contribution is 6.32. The van der Waals surface area contributed by atoms with Crippen molar-refractivity contribution >= 4 is 23.5 Å². The monoisotopic (exact) mass is 271 g/mol. The molecule has 1 atom stereocenters. The van der Waals surface area contributed by atoms with Crippen molar-refractivity contribution in [3.63, 3.8) is 0 Å². The number of amides is 1. The Balaban J connectivity index is 2.70. The summed E-state index contributed by atoms with van der Waals surface area (Å²) in [5.41, 5.74) is 0.258. The lowest BCUT2D eigenvalue weighted by Crippen LogP contribution is -2.39. The van der Waals surface area contributed by atoms with Crippen LogP contribution < -0.4 is 5.32 Å². The highest BCUT2D eigenvalue weighted by Crippen LogP contribution is 2.23. The maximum absolute atomic E-state index is 11.8. The second-order valence-corrected chi connectivity index (χ2v) is 4.02. The molecule has 2 N–H and O–H groups in total. The van der Waals surface area contributed by atoms with Gasteiger partial charge in [0.15, 0.2) is 0 Å². The molecule has 0 aromatic heterocycles. The second kappa shape index (κ2) is 6.26. The summed E-state index contributed by atoms with van der Waals surface area (Å²) in [6.07, 6.45) is 0. The van der Waals surface area contributed by atoms with Gasteiger partial charge in [-0.3, -0.25) is 4.79 Å². The van der Waals surface area contributed by atoms with Crippen LogP contribution in [0.1, 0.15) is 24.2 Å². The Morgan fingerprint density at radius 1 is 1.50 bits per heavy atom. The largest absolute Gasteiger partial charge is 0.506 e. The van der Waals surface area contributed by atoms with E-state index in [1.54, 1.807) is 6.92 Å². The van der Waals surface area contributed by atoms with Crippen LogP contribution in [0.3, 0.4) is 0 Å². The van der Waals surface area contributed by atoms with Crippen LogP contribution in [0.2, 0.25) is 5.02 Å². The molecule has 1 unspecified atom stereocenters. The van der Waals surface area contributed by atoms with Crippen molar-refractivity contribution in [1.29, 1.82) is 0 Å². The summed E-state index contributed by atoms with van der Waals surface area (Å²) >= 11 is 5.69. The minimum absolute atomic E-state index is 0.0754. The second-order valence-electron chi connectivity index (χ2n) is 3.61. The van der Waals surface area contributed by atoms with Crippen molar-refractivity contribution in [2.75, 3.05) is 6.61 Å². The first-order valence-corrected chi connectivity index (χ1v) is 5.79. The molecular weight excluding hydrogens is 258 g/mol. The molecule has 0 saturated carbocycles. The number of carbonyl (C=O) groups excluding carboxylic acids is 2. The van der Waals surface area contributed by atoms with E-state index in [9.17, 15) is 14.7 Å². The van der Waals surface area contributed by atoms with Gasteiger partial charge in [-0.1, -0.05) is 11.6 Å². The highest BCUT2D eigenvalue weighted by atomic mass is 35.5. The number of benzene rings is 1. The fourth-order valence-corrected chi connectivity index (χ4v) is 1.43. The molecule has 0 radical (unpaired) electrons. The van der Waals surface area contributed by atoms with Crippen molar-refractivity contribution in [3.8, 4) is 5.75 Å². The van der Waals surface area contributed by atoms with Gasteiger partial charge in [0.1, 0.15) is 11.8 Å². The number of phenolic OH excluding ortho intramolecular Hbond substituents is 1. The Kier molecular flexibility index (Phi) is 4.97. The van der Waals surface area contributed by atoms with Gasteiger partial charge in [0.05, 0.1) is 11.6 Å². The average molecular weight is 272 g/mol. The fraction of sp³-hybridized carbons (Fsp3) is 0.333. The lowest BCUT2D eigenvalue weighted by atomic mass is 10.2. The molecule has 0 spiro atoms. The third kappa shape index (κ3) is 3.63. The van der Waals surface area contributed by atoms with Gasteiger partial charge in [-0.05, 0) is 32.0 Å². The van der Waals surface area contributed by atoms with Gasteiger partial charge in [-0.15, -0.1) is 0 Å². The number of carbonyl (C=O) groups is 2. The van der Waals surface area contributed by atoms with E-state index in [1.165, 1.54) is 25.1 Å². The van der Waals surface area contributed by atoms with Gasteiger partial charge in [-0.25, -0.2) is 4.79 Å². The van der Waals surface area contributed by atoms with Crippen LogP contribution in [-0.2, 0) is 9.53 Å². The van der Waals surface area contributed by atoms with Crippen LogP contribution in [0, 0.1) is 0 Å². The SMILES string of the molecule is CCOC(=O)C(C)NC(=O)c1ccc(O)c(Cl)c1. The topological polar surface area (TPSA) is 75.6 Å². The minimum atomic E-state index is -0.745. The number of ether oxygens (including phenoxy) is 1. The third-order valence-electron chi connectivity index (χ3n) is 2.20. The first-order chi connectivity index (χ1) is 8.45. The zero-order valence-electron chi connectivity index (χ0n) is 10.1. The molecule has 0 bridgehead atoms.